The quantitative estimate of drug-likeness (QED) is 0.642. The highest BCUT2D eigenvalue weighted by atomic mass is 16.5. The summed E-state index contributed by atoms with van der Waals surface area (Å²) in [7, 11) is 0. The van der Waals surface area contributed by atoms with Crippen molar-refractivity contribution in [2.45, 2.75) is 19.9 Å². The van der Waals surface area contributed by atoms with Crippen LogP contribution >= 0.6 is 0 Å². The Balaban J connectivity index is 1.70. The monoisotopic (exact) mass is 348 g/mol. The minimum absolute atomic E-state index is 0.0153. The molecule has 0 spiro atoms. The van der Waals surface area contributed by atoms with Gasteiger partial charge in [0.2, 0.25) is 0 Å². The summed E-state index contributed by atoms with van der Waals surface area (Å²) in [5.41, 5.74) is 3.56. The normalized spacial score (nSPS) is 10.5. The Hall–Kier alpha value is -3.21. The van der Waals surface area contributed by atoms with Crippen LogP contribution in [0.1, 0.15) is 34.0 Å². The zero-order chi connectivity index (χ0) is 18.4. The van der Waals surface area contributed by atoms with E-state index in [2.05, 4.69) is 4.98 Å². The number of benzene rings is 1. The fraction of sp³-hybridized carbons (Fsp3) is 0.190. The van der Waals surface area contributed by atoms with Gasteiger partial charge in [-0.25, -0.2) is 4.79 Å². The highest BCUT2D eigenvalue weighted by Crippen LogP contribution is 2.13. The molecule has 1 aromatic carbocycles. The van der Waals surface area contributed by atoms with Crippen LogP contribution in [0.25, 0.3) is 0 Å². The topological polar surface area (TPSA) is 61.2 Å². The van der Waals surface area contributed by atoms with E-state index in [9.17, 15) is 9.59 Å². The van der Waals surface area contributed by atoms with Crippen molar-refractivity contribution in [3.63, 3.8) is 0 Å². The van der Waals surface area contributed by atoms with Crippen molar-refractivity contribution in [1.82, 2.24) is 9.55 Å². The molecule has 5 heteroatoms. The number of rotatable bonds is 6. The second-order valence-corrected chi connectivity index (χ2v) is 5.96. The molecule has 0 saturated carbocycles. The SMILES string of the molecule is CCOC(=O)c1cncc(Cc2ccc(Cn3ccccc3=O)cc2)c1. The van der Waals surface area contributed by atoms with Gasteiger partial charge in [-0.3, -0.25) is 9.78 Å². The van der Waals surface area contributed by atoms with Gasteiger partial charge in [-0.2, -0.15) is 0 Å². The van der Waals surface area contributed by atoms with Crippen LogP contribution in [0.4, 0.5) is 0 Å². The largest absolute Gasteiger partial charge is 0.462 e. The Morgan fingerprint density at radius 2 is 1.81 bits per heavy atom. The predicted molar refractivity (Wildman–Crippen MR) is 99.2 cm³/mol. The number of nitrogens with zero attached hydrogens (tertiary/aromatic N) is 2. The Labute approximate surface area is 151 Å². The van der Waals surface area contributed by atoms with Gasteiger partial charge >= 0.3 is 5.97 Å². The lowest BCUT2D eigenvalue weighted by atomic mass is 10.0. The molecule has 5 nitrogen and oxygen atoms in total. The number of carbonyl (C=O) groups excluding carboxylic acids is 1. The first-order chi connectivity index (χ1) is 12.7. The number of pyridine rings is 2. The number of hydrogen-bond acceptors (Lipinski definition) is 4. The molecule has 2 heterocycles. The molecule has 0 bridgehead atoms. The van der Waals surface area contributed by atoms with Gasteiger partial charge in [0.15, 0.2) is 0 Å². The molecule has 132 valence electrons. The van der Waals surface area contributed by atoms with Crippen LogP contribution < -0.4 is 5.56 Å². The molecule has 0 aliphatic carbocycles. The molecule has 0 aliphatic rings. The zero-order valence-corrected chi connectivity index (χ0v) is 14.6. The van der Waals surface area contributed by atoms with E-state index >= 15 is 0 Å². The van der Waals surface area contributed by atoms with Crippen molar-refractivity contribution >= 4 is 5.97 Å². The van der Waals surface area contributed by atoms with Crippen LogP contribution in [0, 0.1) is 0 Å². The van der Waals surface area contributed by atoms with Crippen molar-refractivity contribution < 1.29 is 9.53 Å². The Kier molecular flexibility index (Phi) is 5.59. The molecule has 3 aromatic rings. The van der Waals surface area contributed by atoms with E-state index in [0.29, 0.717) is 25.1 Å². The van der Waals surface area contributed by atoms with Crippen LogP contribution in [0.3, 0.4) is 0 Å². The molecule has 26 heavy (non-hydrogen) atoms. The lowest BCUT2D eigenvalue weighted by Crippen LogP contribution is -2.18. The maximum absolute atomic E-state index is 11.8. The summed E-state index contributed by atoms with van der Waals surface area (Å²) < 4.78 is 6.68. The molecule has 3 rings (SSSR count). The Morgan fingerprint density at radius 3 is 2.54 bits per heavy atom. The number of ether oxygens (including phenoxy) is 1. The highest BCUT2D eigenvalue weighted by molar-refractivity contribution is 5.89. The molecule has 2 aromatic heterocycles. The average molecular weight is 348 g/mol. The van der Waals surface area contributed by atoms with E-state index < -0.39 is 0 Å². The van der Waals surface area contributed by atoms with Crippen molar-refractivity contribution in [1.29, 1.82) is 0 Å². The van der Waals surface area contributed by atoms with Gasteiger partial charge in [0.05, 0.1) is 18.7 Å². The van der Waals surface area contributed by atoms with Gasteiger partial charge in [0.1, 0.15) is 0 Å². The van der Waals surface area contributed by atoms with Crippen molar-refractivity contribution in [2.24, 2.45) is 0 Å². The van der Waals surface area contributed by atoms with Crippen LogP contribution in [-0.4, -0.2) is 22.1 Å². The predicted octanol–water partition coefficient (Wildman–Crippen LogP) is 3.06. The van der Waals surface area contributed by atoms with Gasteiger partial charge in [-0.05, 0) is 42.2 Å². The van der Waals surface area contributed by atoms with Crippen molar-refractivity contribution in [3.05, 3.63) is 99.7 Å². The third-order valence-corrected chi connectivity index (χ3v) is 3.99. The number of aromatic nitrogens is 2. The third-order valence-electron chi connectivity index (χ3n) is 3.99. The van der Waals surface area contributed by atoms with E-state index in [0.717, 1.165) is 16.7 Å². The minimum atomic E-state index is -0.356. The highest BCUT2D eigenvalue weighted by Gasteiger charge is 2.08. The van der Waals surface area contributed by atoms with Gasteiger partial charge in [0, 0.05) is 24.7 Å². The van der Waals surface area contributed by atoms with Crippen molar-refractivity contribution in [2.75, 3.05) is 6.61 Å². The molecule has 0 atom stereocenters. The van der Waals surface area contributed by atoms with E-state index in [1.165, 1.54) is 6.20 Å². The van der Waals surface area contributed by atoms with Gasteiger partial charge < -0.3 is 9.30 Å². The summed E-state index contributed by atoms with van der Waals surface area (Å²) in [6, 6.07) is 15.0. The first kappa shape index (κ1) is 17.6. The van der Waals surface area contributed by atoms with Crippen LogP contribution in [0.15, 0.2) is 71.9 Å². The molecule has 0 N–H and O–H groups in total. The lowest BCUT2D eigenvalue weighted by Gasteiger charge is -2.08. The smallest absolute Gasteiger partial charge is 0.339 e. The van der Waals surface area contributed by atoms with Crippen LogP contribution in [0.2, 0.25) is 0 Å². The standard InChI is InChI=1S/C21H20N2O3/c1-2-26-21(25)19-12-18(13-22-14-19)11-16-6-8-17(9-7-16)15-23-10-4-3-5-20(23)24/h3-10,12-14H,2,11,15H2,1H3. The summed E-state index contributed by atoms with van der Waals surface area (Å²) in [4.78, 5) is 27.7. The summed E-state index contributed by atoms with van der Waals surface area (Å²) in [5, 5.41) is 0. The van der Waals surface area contributed by atoms with Gasteiger partial charge in [-0.15, -0.1) is 0 Å². The fourth-order valence-corrected chi connectivity index (χ4v) is 2.70. The maximum Gasteiger partial charge on any atom is 0.339 e. The molecular formula is C21H20N2O3. The molecule has 0 saturated heterocycles. The lowest BCUT2D eigenvalue weighted by molar-refractivity contribution is 0.0525. The van der Waals surface area contributed by atoms with E-state index in [1.54, 1.807) is 36.0 Å². The molecule has 0 radical (unpaired) electrons. The maximum atomic E-state index is 11.8. The van der Waals surface area contributed by atoms with Crippen molar-refractivity contribution in [3.8, 4) is 0 Å². The summed E-state index contributed by atoms with van der Waals surface area (Å²) in [5.74, 6) is -0.356. The molecule has 0 unspecified atom stereocenters. The number of hydrogen-bond donors (Lipinski definition) is 0. The second kappa shape index (κ2) is 8.25. The van der Waals surface area contributed by atoms with E-state index in [4.69, 9.17) is 4.74 Å². The summed E-state index contributed by atoms with van der Waals surface area (Å²) in [6.45, 7) is 2.66. The first-order valence-corrected chi connectivity index (χ1v) is 8.50. The zero-order valence-electron chi connectivity index (χ0n) is 14.6. The first-order valence-electron chi connectivity index (χ1n) is 8.50. The second-order valence-electron chi connectivity index (χ2n) is 5.96. The molecular weight excluding hydrogens is 328 g/mol. The van der Waals surface area contributed by atoms with Crippen LogP contribution in [-0.2, 0) is 17.7 Å². The minimum Gasteiger partial charge on any atom is -0.462 e. The third kappa shape index (κ3) is 4.45. The summed E-state index contributed by atoms with van der Waals surface area (Å²) in [6.07, 6.45) is 5.72. The Morgan fingerprint density at radius 1 is 1.04 bits per heavy atom. The molecule has 0 amide bonds. The molecule has 0 fully saturated rings. The van der Waals surface area contributed by atoms with Gasteiger partial charge in [-0.1, -0.05) is 30.3 Å². The average Bonchev–Trinajstić information content (AvgIpc) is 2.66. The Bertz CT molecular complexity index is 946. The summed E-state index contributed by atoms with van der Waals surface area (Å²) >= 11 is 0. The fourth-order valence-electron chi connectivity index (χ4n) is 2.70. The molecule has 0 aliphatic heterocycles. The van der Waals surface area contributed by atoms with Crippen LogP contribution in [0.5, 0.6) is 0 Å². The van der Waals surface area contributed by atoms with Gasteiger partial charge in [0.25, 0.3) is 5.56 Å². The number of carbonyl (C=O) groups is 1. The van der Waals surface area contributed by atoms with E-state index in [1.807, 2.05) is 36.4 Å². The van der Waals surface area contributed by atoms with E-state index in [-0.39, 0.29) is 11.5 Å². The number of esters is 1.